The minimum atomic E-state index is -0.243. The smallest absolute Gasteiger partial charge is 0.321 e. The van der Waals surface area contributed by atoms with Crippen LogP contribution in [0.15, 0.2) is 42.5 Å². The molecule has 2 aromatic carbocycles. The number of anilines is 1. The number of carbonyl (C=O) groups is 2. The lowest BCUT2D eigenvalue weighted by Gasteiger charge is -2.19. The fourth-order valence-electron chi connectivity index (χ4n) is 2.44. The highest BCUT2D eigenvalue weighted by Crippen LogP contribution is 2.20. The standard InChI is InChI=1S/C19H23N3O3/c1-13-16(18(23)20-2)6-5-7-17(13)21-19(24)22(3)12-14-8-10-15(25-4)11-9-14/h5-11H,12H2,1-4H3,(H,20,23)(H,21,24). The Morgan fingerprint density at radius 3 is 2.40 bits per heavy atom. The number of rotatable bonds is 5. The summed E-state index contributed by atoms with van der Waals surface area (Å²) in [6.07, 6.45) is 0. The van der Waals surface area contributed by atoms with E-state index in [0.29, 0.717) is 17.8 Å². The molecule has 0 radical (unpaired) electrons. The van der Waals surface area contributed by atoms with Gasteiger partial charge in [-0.1, -0.05) is 18.2 Å². The lowest BCUT2D eigenvalue weighted by Crippen LogP contribution is -2.31. The van der Waals surface area contributed by atoms with Crippen LogP contribution in [0.2, 0.25) is 0 Å². The second-order valence-corrected chi connectivity index (χ2v) is 5.69. The Balaban J connectivity index is 2.06. The summed E-state index contributed by atoms with van der Waals surface area (Å²) >= 11 is 0. The van der Waals surface area contributed by atoms with E-state index in [1.54, 1.807) is 44.3 Å². The Bertz CT molecular complexity index is 757. The van der Waals surface area contributed by atoms with Crippen molar-refractivity contribution >= 4 is 17.6 Å². The molecule has 0 spiro atoms. The molecule has 0 heterocycles. The van der Waals surface area contributed by atoms with Crippen LogP contribution in [0.25, 0.3) is 0 Å². The number of hydrogen-bond acceptors (Lipinski definition) is 3. The van der Waals surface area contributed by atoms with Crippen LogP contribution < -0.4 is 15.4 Å². The van der Waals surface area contributed by atoms with E-state index in [9.17, 15) is 9.59 Å². The van der Waals surface area contributed by atoms with Gasteiger partial charge in [0.1, 0.15) is 5.75 Å². The van der Waals surface area contributed by atoms with Crippen molar-refractivity contribution in [3.63, 3.8) is 0 Å². The number of urea groups is 1. The second kappa shape index (κ2) is 8.19. The number of nitrogens with zero attached hydrogens (tertiary/aromatic N) is 1. The van der Waals surface area contributed by atoms with Crippen molar-refractivity contribution in [2.75, 3.05) is 26.5 Å². The minimum Gasteiger partial charge on any atom is -0.497 e. The summed E-state index contributed by atoms with van der Waals surface area (Å²) < 4.78 is 5.13. The van der Waals surface area contributed by atoms with Crippen LogP contribution in [-0.4, -0.2) is 38.0 Å². The van der Waals surface area contributed by atoms with Crippen LogP contribution in [0.5, 0.6) is 5.75 Å². The average Bonchev–Trinajstić information content (AvgIpc) is 2.63. The van der Waals surface area contributed by atoms with Gasteiger partial charge in [-0.25, -0.2) is 4.79 Å². The van der Waals surface area contributed by atoms with E-state index in [-0.39, 0.29) is 11.9 Å². The summed E-state index contributed by atoms with van der Waals surface area (Å²) in [5.74, 6) is 0.595. The highest BCUT2D eigenvalue weighted by Gasteiger charge is 2.14. The molecule has 0 fully saturated rings. The molecule has 132 valence electrons. The van der Waals surface area contributed by atoms with Crippen LogP contribution in [0.1, 0.15) is 21.5 Å². The molecule has 3 amide bonds. The molecule has 0 unspecified atom stereocenters. The van der Waals surface area contributed by atoms with Gasteiger partial charge in [0.2, 0.25) is 0 Å². The molecule has 6 nitrogen and oxygen atoms in total. The number of nitrogens with one attached hydrogen (secondary N) is 2. The van der Waals surface area contributed by atoms with Gasteiger partial charge in [-0.2, -0.15) is 0 Å². The van der Waals surface area contributed by atoms with Crippen molar-refractivity contribution in [1.29, 1.82) is 0 Å². The molecule has 0 aliphatic carbocycles. The summed E-state index contributed by atoms with van der Waals surface area (Å²) in [4.78, 5) is 25.9. The zero-order valence-corrected chi connectivity index (χ0v) is 14.9. The van der Waals surface area contributed by atoms with Crippen LogP contribution in [0.4, 0.5) is 10.5 Å². The van der Waals surface area contributed by atoms with Crippen molar-refractivity contribution < 1.29 is 14.3 Å². The third-order valence-electron chi connectivity index (χ3n) is 3.97. The van der Waals surface area contributed by atoms with E-state index < -0.39 is 0 Å². The highest BCUT2D eigenvalue weighted by atomic mass is 16.5. The fraction of sp³-hybridized carbons (Fsp3) is 0.263. The molecular formula is C19H23N3O3. The predicted molar refractivity (Wildman–Crippen MR) is 98.0 cm³/mol. The van der Waals surface area contributed by atoms with Gasteiger partial charge in [-0.05, 0) is 42.3 Å². The van der Waals surface area contributed by atoms with Gasteiger partial charge in [-0.3, -0.25) is 4.79 Å². The van der Waals surface area contributed by atoms with Crippen LogP contribution in [0, 0.1) is 6.92 Å². The van der Waals surface area contributed by atoms with Gasteiger partial charge < -0.3 is 20.3 Å². The lowest BCUT2D eigenvalue weighted by molar-refractivity contribution is 0.0962. The van der Waals surface area contributed by atoms with Gasteiger partial charge in [0.25, 0.3) is 5.91 Å². The molecule has 0 saturated carbocycles. The fourth-order valence-corrected chi connectivity index (χ4v) is 2.44. The molecule has 2 rings (SSSR count). The van der Waals surface area contributed by atoms with E-state index in [1.165, 1.54) is 0 Å². The van der Waals surface area contributed by atoms with Crippen LogP contribution in [-0.2, 0) is 6.54 Å². The third kappa shape index (κ3) is 4.50. The molecule has 0 aliphatic heterocycles. The van der Waals surface area contributed by atoms with Crippen molar-refractivity contribution in [1.82, 2.24) is 10.2 Å². The first-order valence-electron chi connectivity index (χ1n) is 7.93. The van der Waals surface area contributed by atoms with E-state index in [4.69, 9.17) is 4.74 Å². The van der Waals surface area contributed by atoms with Gasteiger partial charge in [0.05, 0.1) is 7.11 Å². The van der Waals surface area contributed by atoms with Crippen LogP contribution >= 0.6 is 0 Å². The Labute approximate surface area is 147 Å². The quantitative estimate of drug-likeness (QED) is 0.878. The normalized spacial score (nSPS) is 10.1. The number of ether oxygens (including phenoxy) is 1. The van der Waals surface area contributed by atoms with Gasteiger partial charge >= 0.3 is 6.03 Å². The molecule has 0 saturated heterocycles. The topological polar surface area (TPSA) is 70.7 Å². The first-order valence-corrected chi connectivity index (χ1v) is 7.93. The number of benzene rings is 2. The maximum absolute atomic E-state index is 12.4. The van der Waals surface area contributed by atoms with Crippen molar-refractivity contribution in [3.8, 4) is 5.75 Å². The molecule has 6 heteroatoms. The van der Waals surface area contributed by atoms with Gasteiger partial charge in [0, 0.05) is 31.9 Å². The number of methoxy groups -OCH3 is 1. The molecule has 0 aromatic heterocycles. The molecule has 2 aromatic rings. The molecule has 0 bridgehead atoms. The summed E-state index contributed by atoms with van der Waals surface area (Å²) in [6, 6.07) is 12.6. The maximum Gasteiger partial charge on any atom is 0.321 e. The molecule has 25 heavy (non-hydrogen) atoms. The Hall–Kier alpha value is -3.02. The zero-order valence-electron chi connectivity index (χ0n) is 14.9. The third-order valence-corrected chi connectivity index (χ3v) is 3.97. The lowest BCUT2D eigenvalue weighted by atomic mass is 10.1. The molecule has 2 N–H and O–H groups in total. The Kier molecular flexibility index (Phi) is 6.00. The first-order chi connectivity index (χ1) is 12.0. The molecule has 0 atom stereocenters. The Morgan fingerprint density at radius 1 is 1.12 bits per heavy atom. The number of carbonyl (C=O) groups excluding carboxylic acids is 2. The zero-order chi connectivity index (χ0) is 18.4. The average molecular weight is 341 g/mol. The largest absolute Gasteiger partial charge is 0.497 e. The predicted octanol–water partition coefficient (Wildman–Crippen LogP) is 3.03. The minimum absolute atomic E-state index is 0.180. The van der Waals surface area contributed by atoms with Crippen molar-refractivity contribution in [3.05, 3.63) is 59.2 Å². The maximum atomic E-state index is 12.4. The van der Waals surface area contributed by atoms with E-state index >= 15 is 0 Å². The molecular weight excluding hydrogens is 318 g/mol. The number of hydrogen-bond donors (Lipinski definition) is 2. The molecule has 0 aliphatic rings. The second-order valence-electron chi connectivity index (χ2n) is 5.69. The van der Waals surface area contributed by atoms with E-state index in [2.05, 4.69) is 10.6 Å². The Morgan fingerprint density at radius 2 is 1.80 bits per heavy atom. The SMILES string of the molecule is CNC(=O)c1cccc(NC(=O)N(C)Cc2ccc(OC)cc2)c1C. The monoisotopic (exact) mass is 341 g/mol. The van der Waals surface area contributed by atoms with E-state index in [1.807, 2.05) is 31.2 Å². The highest BCUT2D eigenvalue weighted by molar-refractivity contribution is 5.98. The summed E-state index contributed by atoms with van der Waals surface area (Å²) in [5, 5.41) is 5.45. The van der Waals surface area contributed by atoms with Gasteiger partial charge in [0.15, 0.2) is 0 Å². The summed E-state index contributed by atoms with van der Waals surface area (Å²) in [7, 11) is 4.91. The number of amides is 3. The van der Waals surface area contributed by atoms with Crippen molar-refractivity contribution in [2.45, 2.75) is 13.5 Å². The van der Waals surface area contributed by atoms with Crippen LogP contribution in [0.3, 0.4) is 0 Å². The van der Waals surface area contributed by atoms with Gasteiger partial charge in [-0.15, -0.1) is 0 Å². The summed E-state index contributed by atoms with van der Waals surface area (Å²) in [5.41, 5.74) is 2.88. The summed E-state index contributed by atoms with van der Waals surface area (Å²) in [6.45, 7) is 2.27. The van der Waals surface area contributed by atoms with E-state index in [0.717, 1.165) is 16.9 Å². The van der Waals surface area contributed by atoms with Crippen molar-refractivity contribution in [2.24, 2.45) is 0 Å². The first kappa shape index (κ1) is 18.3.